The van der Waals surface area contributed by atoms with E-state index in [9.17, 15) is 0 Å². The Morgan fingerprint density at radius 2 is 2.00 bits per heavy atom. The highest BCUT2D eigenvalue weighted by molar-refractivity contribution is 5.38. The maximum Gasteiger partial charge on any atom is 0.151 e. The van der Waals surface area contributed by atoms with Crippen molar-refractivity contribution in [2.24, 2.45) is 0 Å². The Hall–Kier alpha value is -1.94. The van der Waals surface area contributed by atoms with Crippen molar-refractivity contribution in [1.29, 1.82) is 0 Å². The lowest BCUT2D eigenvalue weighted by Gasteiger charge is -2.18. The van der Waals surface area contributed by atoms with E-state index in [4.69, 9.17) is 0 Å². The number of hydrogen-bond acceptors (Lipinski definition) is 4. The van der Waals surface area contributed by atoms with Crippen LogP contribution >= 0.6 is 0 Å². The number of nitrogens with zero attached hydrogens (tertiary/aromatic N) is 3. The minimum Gasteiger partial charge on any atom is -0.354 e. The van der Waals surface area contributed by atoms with Crippen LogP contribution in [0.15, 0.2) is 36.4 Å². The molecule has 21 heavy (non-hydrogen) atoms. The molecule has 0 atom stereocenters. The zero-order valence-corrected chi connectivity index (χ0v) is 13.1. The third-order valence-corrected chi connectivity index (χ3v) is 3.33. The van der Waals surface area contributed by atoms with E-state index in [0.717, 1.165) is 37.6 Å². The van der Waals surface area contributed by atoms with Gasteiger partial charge in [0.15, 0.2) is 5.82 Å². The number of anilines is 1. The molecule has 0 spiro atoms. The van der Waals surface area contributed by atoms with E-state index in [2.05, 4.69) is 58.5 Å². The summed E-state index contributed by atoms with van der Waals surface area (Å²) >= 11 is 0. The monoisotopic (exact) mass is 284 g/mol. The molecule has 0 bridgehead atoms. The highest BCUT2D eigenvalue weighted by Crippen LogP contribution is 2.13. The summed E-state index contributed by atoms with van der Waals surface area (Å²) < 4.78 is 0. The predicted octanol–water partition coefficient (Wildman–Crippen LogP) is 2.92. The van der Waals surface area contributed by atoms with Crippen LogP contribution in [0.2, 0.25) is 0 Å². The lowest BCUT2D eigenvalue weighted by Crippen LogP contribution is -2.19. The van der Waals surface area contributed by atoms with Crippen molar-refractivity contribution in [2.75, 3.05) is 18.5 Å². The first-order valence-corrected chi connectivity index (χ1v) is 7.49. The van der Waals surface area contributed by atoms with Gasteiger partial charge in [-0.2, -0.15) is 5.10 Å². The van der Waals surface area contributed by atoms with Gasteiger partial charge < -0.3 is 10.2 Å². The minimum atomic E-state index is 0.780. The molecule has 1 aromatic carbocycles. The van der Waals surface area contributed by atoms with E-state index >= 15 is 0 Å². The summed E-state index contributed by atoms with van der Waals surface area (Å²) in [6.07, 6.45) is 1.13. The van der Waals surface area contributed by atoms with Gasteiger partial charge in [0, 0.05) is 20.1 Å². The Balaban J connectivity index is 1.94. The van der Waals surface area contributed by atoms with Gasteiger partial charge in [0.25, 0.3) is 0 Å². The number of hydrogen-bond donors (Lipinski definition) is 1. The zero-order chi connectivity index (χ0) is 15.1. The molecule has 4 heteroatoms. The first-order valence-electron chi connectivity index (χ1n) is 7.49. The standard InChI is InChI=1S/C17H24N4/c1-4-10-18-12-16-8-9-17(20-19-16)21(3)13-15-7-5-6-14(2)11-15/h5-9,11,18H,4,10,12-13H2,1-3H3. The second kappa shape index (κ2) is 7.74. The van der Waals surface area contributed by atoms with Gasteiger partial charge in [0.2, 0.25) is 0 Å². The molecule has 0 aliphatic rings. The Morgan fingerprint density at radius 3 is 2.67 bits per heavy atom. The van der Waals surface area contributed by atoms with Crippen molar-refractivity contribution in [3.63, 3.8) is 0 Å². The smallest absolute Gasteiger partial charge is 0.151 e. The fourth-order valence-electron chi connectivity index (χ4n) is 2.21. The SMILES string of the molecule is CCCNCc1ccc(N(C)Cc2cccc(C)c2)nn1. The number of aromatic nitrogens is 2. The van der Waals surface area contributed by atoms with Crippen LogP contribution in [0.5, 0.6) is 0 Å². The molecule has 112 valence electrons. The van der Waals surface area contributed by atoms with Gasteiger partial charge in [-0.1, -0.05) is 36.8 Å². The van der Waals surface area contributed by atoms with Crippen LogP contribution in [-0.2, 0) is 13.1 Å². The molecule has 0 aliphatic carbocycles. The molecule has 0 saturated carbocycles. The lowest BCUT2D eigenvalue weighted by molar-refractivity contribution is 0.656. The van der Waals surface area contributed by atoms with Gasteiger partial charge in [-0.25, -0.2) is 0 Å². The molecular formula is C17H24N4. The average molecular weight is 284 g/mol. The fraction of sp³-hybridized carbons (Fsp3) is 0.412. The van der Waals surface area contributed by atoms with Gasteiger partial charge in [0.05, 0.1) is 5.69 Å². The Labute approximate surface area is 127 Å². The van der Waals surface area contributed by atoms with Gasteiger partial charge in [-0.3, -0.25) is 0 Å². The van der Waals surface area contributed by atoms with Gasteiger partial charge in [0.1, 0.15) is 0 Å². The molecule has 0 radical (unpaired) electrons. The van der Waals surface area contributed by atoms with Crippen molar-refractivity contribution >= 4 is 5.82 Å². The summed E-state index contributed by atoms with van der Waals surface area (Å²) in [4.78, 5) is 2.12. The van der Waals surface area contributed by atoms with Crippen LogP contribution in [0, 0.1) is 6.92 Å². The molecule has 0 amide bonds. The molecule has 0 saturated heterocycles. The van der Waals surface area contributed by atoms with Crippen molar-refractivity contribution in [3.8, 4) is 0 Å². The normalized spacial score (nSPS) is 10.6. The fourth-order valence-corrected chi connectivity index (χ4v) is 2.21. The number of aryl methyl sites for hydroxylation is 1. The van der Waals surface area contributed by atoms with Crippen LogP contribution < -0.4 is 10.2 Å². The maximum atomic E-state index is 4.31. The number of rotatable bonds is 7. The molecule has 1 heterocycles. The van der Waals surface area contributed by atoms with Crippen molar-refractivity contribution < 1.29 is 0 Å². The van der Waals surface area contributed by atoms with E-state index in [1.165, 1.54) is 11.1 Å². The van der Waals surface area contributed by atoms with Crippen molar-refractivity contribution in [2.45, 2.75) is 33.4 Å². The molecule has 2 rings (SSSR count). The zero-order valence-electron chi connectivity index (χ0n) is 13.1. The largest absolute Gasteiger partial charge is 0.354 e. The van der Waals surface area contributed by atoms with Crippen LogP contribution in [0.4, 0.5) is 5.82 Å². The number of nitrogens with one attached hydrogen (secondary N) is 1. The molecule has 2 aromatic rings. The molecular weight excluding hydrogens is 260 g/mol. The quantitative estimate of drug-likeness (QED) is 0.794. The van der Waals surface area contributed by atoms with Crippen LogP contribution in [0.25, 0.3) is 0 Å². The summed E-state index contributed by atoms with van der Waals surface area (Å²) in [5, 5.41) is 11.9. The van der Waals surface area contributed by atoms with Crippen LogP contribution in [0.1, 0.15) is 30.2 Å². The second-order valence-electron chi connectivity index (χ2n) is 5.40. The molecule has 0 fully saturated rings. The number of benzene rings is 1. The second-order valence-corrected chi connectivity index (χ2v) is 5.40. The summed E-state index contributed by atoms with van der Waals surface area (Å²) in [6.45, 7) is 6.90. The van der Waals surface area contributed by atoms with Crippen molar-refractivity contribution in [3.05, 3.63) is 53.2 Å². The van der Waals surface area contributed by atoms with E-state index in [1.807, 2.05) is 19.2 Å². The molecule has 0 unspecified atom stereocenters. The third-order valence-electron chi connectivity index (χ3n) is 3.33. The minimum absolute atomic E-state index is 0.780. The Kier molecular flexibility index (Phi) is 5.69. The highest BCUT2D eigenvalue weighted by Gasteiger charge is 2.05. The third kappa shape index (κ3) is 4.83. The molecule has 1 N–H and O–H groups in total. The van der Waals surface area contributed by atoms with Crippen LogP contribution in [0.3, 0.4) is 0 Å². The van der Waals surface area contributed by atoms with Gasteiger partial charge in [-0.15, -0.1) is 5.10 Å². The van der Waals surface area contributed by atoms with Crippen molar-refractivity contribution in [1.82, 2.24) is 15.5 Å². The summed E-state index contributed by atoms with van der Waals surface area (Å²) in [5.74, 6) is 0.899. The van der Waals surface area contributed by atoms with E-state index < -0.39 is 0 Å². The van der Waals surface area contributed by atoms with Crippen LogP contribution in [-0.4, -0.2) is 23.8 Å². The summed E-state index contributed by atoms with van der Waals surface area (Å²) in [5.41, 5.74) is 3.55. The van der Waals surface area contributed by atoms with Gasteiger partial charge >= 0.3 is 0 Å². The average Bonchev–Trinajstić information content (AvgIpc) is 2.48. The Morgan fingerprint density at radius 1 is 1.14 bits per heavy atom. The maximum absolute atomic E-state index is 4.31. The van der Waals surface area contributed by atoms with E-state index in [1.54, 1.807) is 0 Å². The predicted molar refractivity (Wildman–Crippen MR) is 87.3 cm³/mol. The molecule has 0 aliphatic heterocycles. The highest BCUT2D eigenvalue weighted by atomic mass is 15.2. The topological polar surface area (TPSA) is 41.0 Å². The summed E-state index contributed by atoms with van der Waals surface area (Å²) in [7, 11) is 2.04. The van der Waals surface area contributed by atoms with Gasteiger partial charge in [-0.05, 0) is 37.6 Å². The first-order chi connectivity index (χ1) is 10.2. The molecule has 1 aromatic heterocycles. The van der Waals surface area contributed by atoms with E-state index in [0.29, 0.717) is 0 Å². The first kappa shape index (κ1) is 15.4. The summed E-state index contributed by atoms with van der Waals surface area (Å²) in [6, 6.07) is 12.6. The van der Waals surface area contributed by atoms with E-state index in [-0.39, 0.29) is 0 Å². The lowest BCUT2D eigenvalue weighted by atomic mass is 10.1. The Bertz CT molecular complexity index is 551. The molecule has 4 nitrogen and oxygen atoms in total.